The molecule has 2 aliphatic heterocycles. The van der Waals surface area contributed by atoms with Crippen molar-refractivity contribution in [2.24, 2.45) is 5.92 Å². The topological polar surface area (TPSA) is 32.3 Å². The maximum atomic E-state index is 11.4. The molecule has 0 radical (unpaired) electrons. The van der Waals surface area contributed by atoms with Gasteiger partial charge >= 0.3 is 0 Å². The molecule has 3 heteroatoms. The molecule has 2 atom stereocenters. The van der Waals surface area contributed by atoms with E-state index in [-0.39, 0.29) is 5.92 Å². The molecule has 0 unspecified atom stereocenters. The summed E-state index contributed by atoms with van der Waals surface area (Å²) in [6, 6.07) is 0.492. The summed E-state index contributed by atoms with van der Waals surface area (Å²) in [7, 11) is 0. The van der Waals surface area contributed by atoms with Crippen LogP contribution in [-0.4, -0.2) is 36.5 Å². The van der Waals surface area contributed by atoms with Crippen LogP contribution in [0.1, 0.15) is 13.3 Å². The van der Waals surface area contributed by atoms with Gasteiger partial charge in [-0.25, -0.2) is 0 Å². The van der Waals surface area contributed by atoms with Crippen molar-refractivity contribution in [2.75, 3.05) is 19.6 Å². The maximum absolute atomic E-state index is 11.4. The Morgan fingerprint density at radius 3 is 3.18 bits per heavy atom. The van der Waals surface area contributed by atoms with Gasteiger partial charge in [-0.15, -0.1) is 0 Å². The second-order valence-corrected chi connectivity index (χ2v) is 3.53. The Kier molecular flexibility index (Phi) is 1.60. The van der Waals surface area contributed by atoms with Gasteiger partial charge in [0.15, 0.2) is 0 Å². The minimum absolute atomic E-state index is 0.264. The largest absolute Gasteiger partial charge is 0.337 e. The monoisotopic (exact) mass is 154 g/mol. The van der Waals surface area contributed by atoms with Gasteiger partial charge in [0.25, 0.3) is 0 Å². The first kappa shape index (κ1) is 7.10. The molecule has 2 aliphatic rings. The zero-order valence-corrected chi connectivity index (χ0v) is 6.84. The molecule has 62 valence electrons. The minimum Gasteiger partial charge on any atom is -0.337 e. The van der Waals surface area contributed by atoms with Crippen LogP contribution < -0.4 is 5.32 Å². The molecule has 0 aliphatic carbocycles. The standard InChI is InChI=1S/C8H14N2O/c1-6-4-7-5-9-2-3-10(7)8(6)11/h6-7,9H,2-5H2,1H3/t6-,7+/m1/s1. The third-order valence-corrected chi connectivity index (χ3v) is 2.68. The summed E-state index contributed by atoms with van der Waals surface area (Å²) in [5.74, 6) is 0.622. The zero-order valence-electron chi connectivity index (χ0n) is 6.84. The first-order valence-corrected chi connectivity index (χ1v) is 4.30. The summed E-state index contributed by atoms with van der Waals surface area (Å²) >= 11 is 0. The Hall–Kier alpha value is -0.570. The van der Waals surface area contributed by atoms with Crippen molar-refractivity contribution < 1.29 is 4.79 Å². The van der Waals surface area contributed by atoms with E-state index in [9.17, 15) is 4.79 Å². The zero-order chi connectivity index (χ0) is 7.84. The van der Waals surface area contributed by atoms with Gasteiger partial charge in [0.05, 0.1) is 0 Å². The highest BCUT2D eigenvalue weighted by atomic mass is 16.2. The van der Waals surface area contributed by atoms with E-state index in [2.05, 4.69) is 5.32 Å². The summed E-state index contributed by atoms with van der Waals surface area (Å²) < 4.78 is 0. The van der Waals surface area contributed by atoms with Gasteiger partial charge < -0.3 is 10.2 Å². The number of amides is 1. The van der Waals surface area contributed by atoms with Gasteiger partial charge in [-0.2, -0.15) is 0 Å². The van der Waals surface area contributed by atoms with E-state index in [0.717, 1.165) is 26.1 Å². The lowest BCUT2D eigenvalue weighted by atomic mass is 10.1. The number of piperazine rings is 1. The van der Waals surface area contributed by atoms with Gasteiger partial charge in [0.2, 0.25) is 5.91 Å². The third kappa shape index (κ3) is 1.03. The molecule has 11 heavy (non-hydrogen) atoms. The average molecular weight is 154 g/mol. The van der Waals surface area contributed by atoms with Crippen molar-refractivity contribution in [3.8, 4) is 0 Å². The fourth-order valence-electron chi connectivity index (χ4n) is 2.05. The number of hydrogen-bond acceptors (Lipinski definition) is 2. The number of fused-ring (bicyclic) bond motifs is 1. The number of carbonyl (C=O) groups excluding carboxylic acids is 1. The van der Waals surface area contributed by atoms with Gasteiger partial charge in [0.1, 0.15) is 0 Å². The van der Waals surface area contributed by atoms with Crippen molar-refractivity contribution in [3.05, 3.63) is 0 Å². The highest BCUT2D eigenvalue weighted by molar-refractivity contribution is 5.81. The molecule has 0 spiro atoms. The Morgan fingerprint density at radius 2 is 2.45 bits per heavy atom. The molecule has 0 aromatic carbocycles. The van der Waals surface area contributed by atoms with E-state index in [0.29, 0.717) is 11.9 Å². The Labute approximate surface area is 66.8 Å². The van der Waals surface area contributed by atoms with E-state index >= 15 is 0 Å². The number of nitrogens with one attached hydrogen (secondary N) is 1. The number of rotatable bonds is 0. The summed E-state index contributed by atoms with van der Waals surface area (Å²) in [6.07, 6.45) is 1.05. The summed E-state index contributed by atoms with van der Waals surface area (Å²) in [4.78, 5) is 13.5. The van der Waals surface area contributed by atoms with Crippen LogP contribution in [0.15, 0.2) is 0 Å². The Morgan fingerprint density at radius 1 is 1.64 bits per heavy atom. The maximum Gasteiger partial charge on any atom is 0.225 e. The van der Waals surface area contributed by atoms with Gasteiger partial charge in [0, 0.05) is 31.6 Å². The minimum atomic E-state index is 0.264. The van der Waals surface area contributed by atoms with Crippen LogP contribution in [0.25, 0.3) is 0 Å². The van der Waals surface area contributed by atoms with Crippen LogP contribution in [0.4, 0.5) is 0 Å². The van der Waals surface area contributed by atoms with Crippen LogP contribution in [0.3, 0.4) is 0 Å². The molecular weight excluding hydrogens is 140 g/mol. The highest BCUT2D eigenvalue weighted by Gasteiger charge is 2.37. The van der Waals surface area contributed by atoms with E-state index < -0.39 is 0 Å². The second-order valence-electron chi connectivity index (χ2n) is 3.53. The first-order chi connectivity index (χ1) is 5.29. The molecule has 1 N–H and O–H groups in total. The molecule has 3 nitrogen and oxygen atoms in total. The van der Waals surface area contributed by atoms with E-state index in [1.807, 2.05) is 11.8 Å². The molecule has 0 saturated carbocycles. The van der Waals surface area contributed by atoms with Crippen LogP contribution in [0.5, 0.6) is 0 Å². The Bertz CT molecular complexity index is 181. The van der Waals surface area contributed by atoms with Crippen molar-refractivity contribution in [1.82, 2.24) is 10.2 Å². The molecule has 2 saturated heterocycles. The normalized spacial score (nSPS) is 37.5. The first-order valence-electron chi connectivity index (χ1n) is 4.30. The van der Waals surface area contributed by atoms with E-state index in [1.54, 1.807) is 0 Å². The number of carbonyl (C=O) groups is 1. The predicted molar refractivity (Wildman–Crippen MR) is 42.2 cm³/mol. The van der Waals surface area contributed by atoms with Gasteiger partial charge in [-0.1, -0.05) is 6.92 Å². The molecule has 2 fully saturated rings. The van der Waals surface area contributed by atoms with Gasteiger partial charge in [-0.05, 0) is 6.42 Å². The van der Waals surface area contributed by atoms with Crippen LogP contribution in [-0.2, 0) is 4.79 Å². The lowest BCUT2D eigenvalue weighted by Gasteiger charge is -2.29. The molecule has 1 amide bonds. The lowest BCUT2D eigenvalue weighted by molar-refractivity contribution is -0.132. The third-order valence-electron chi connectivity index (χ3n) is 2.68. The summed E-state index contributed by atoms with van der Waals surface area (Å²) in [5, 5.41) is 3.30. The molecular formula is C8H14N2O. The molecule has 0 aromatic heterocycles. The highest BCUT2D eigenvalue weighted by Crippen LogP contribution is 2.24. The second kappa shape index (κ2) is 2.48. The van der Waals surface area contributed by atoms with Crippen molar-refractivity contribution in [2.45, 2.75) is 19.4 Å². The Balaban J connectivity index is 2.11. The van der Waals surface area contributed by atoms with E-state index in [4.69, 9.17) is 0 Å². The number of hydrogen-bond donors (Lipinski definition) is 1. The average Bonchev–Trinajstić information content (AvgIpc) is 2.30. The SMILES string of the molecule is C[C@@H]1C[C@H]2CNCCN2C1=O. The molecule has 2 heterocycles. The van der Waals surface area contributed by atoms with Crippen LogP contribution in [0.2, 0.25) is 0 Å². The van der Waals surface area contributed by atoms with E-state index in [1.165, 1.54) is 0 Å². The molecule has 2 rings (SSSR count). The number of nitrogens with zero attached hydrogens (tertiary/aromatic N) is 1. The van der Waals surface area contributed by atoms with Crippen molar-refractivity contribution in [1.29, 1.82) is 0 Å². The van der Waals surface area contributed by atoms with Crippen LogP contribution in [0, 0.1) is 5.92 Å². The summed E-state index contributed by atoms with van der Waals surface area (Å²) in [5.41, 5.74) is 0. The van der Waals surface area contributed by atoms with Crippen LogP contribution >= 0.6 is 0 Å². The molecule has 0 aromatic rings. The quantitative estimate of drug-likeness (QED) is 0.525. The molecule has 0 bridgehead atoms. The predicted octanol–water partition coefficient (Wildman–Crippen LogP) is -0.173. The summed E-state index contributed by atoms with van der Waals surface area (Å²) in [6.45, 7) is 4.90. The lowest BCUT2D eigenvalue weighted by Crippen LogP contribution is -2.49. The van der Waals surface area contributed by atoms with Crippen molar-refractivity contribution >= 4 is 5.91 Å². The smallest absolute Gasteiger partial charge is 0.225 e. The van der Waals surface area contributed by atoms with Gasteiger partial charge in [-0.3, -0.25) is 4.79 Å². The fourth-order valence-corrected chi connectivity index (χ4v) is 2.05. The fraction of sp³-hybridized carbons (Fsp3) is 0.875. The van der Waals surface area contributed by atoms with Crippen molar-refractivity contribution in [3.63, 3.8) is 0 Å².